The van der Waals surface area contributed by atoms with Gasteiger partial charge in [-0.05, 0) is 59.0 Å². The molecule has 24 heavy (non-hydrogen) atoms. The predicted octanol–water partition coefficient (Wildman–Crippen LogP) is 4.41. The number of fused-ring (bicyclic) bond motifs is 1. The van der Waals surface area contributed by atoms with Gasteiger partial charge in [-0.2, -0.15) is 0 Å². The maximum Gasteiger partial charge on any atom is 0.348 e. The number of hydrogen-bond donors (Lipinski definition) is 0. The van der Waals surface area contributed by atoms with Crippen molar-refractivity contribution < 1.29 is 13.9 Å². The van der Waals surface area contributed by atoms with Gasteiger partial charge in [0.2, 0.25) is 5.89 Å². The topological polar surface area (TPSA) is 65.2 Å². The Morgan fingerprint density at radius 3 is 3.00 bits per heavy atom. The van der Waals surface area contributed by atoms with Crippen molar-refractivity contribution in [1.82, 2.24) is 10.2 Å². The lowest BCUT2D eigenvalue weighted by molar-refractivity contribution is 0.0444. The summed E-state index contributed by atoms with van der Waals surface area (Å²) < 4.78 is 11.7. The van der Waals surface area contributed by atoms with Crippen molar-refractivity contribution in [2.75, 3.05) is 0 Å². The minimum absolute atomic E-state index is 0.0289. The van der Waals surface area contributed by atoms with Crippen LogP contribution in [-0.2, 0) is 24.2 Å². The highest BCUT2D eigenvalue weighted by atomic mass is 79.9. The number of rotatable bonds is 4. The highest BCUT2D eigenvalue weighted by Gasteiger charge is 2.20. The van der Waals surface area contributed by atoms with Crippen molar-refractivity contribution in [3.05, 3.63) is 56.0 Å². The molecule has 0 fully saturated rings. The summed E-state index contributed by atoms with van der Waals surface area (Å²) in [5.41, 5.74) is 2.08. The average molecular weight is 405 g/mol. The van der Waals surface area contributed by atoms with Gasteiger partial charge in [-0.3, -0.25) is 0 Å². The number of ether oxygens (including phenoxy) is 1. The second-order valence-electron chi connectivity index (χ2n) is 5.47. The number of esters is 1. The van der Waals surface area contributed by atoms with E-state index in [9.17, 15) is 4.79 Å². The number of carbonyl (C=O) groups excluding carboxylic acids is 1. The van der Waals surface area contributed by atoms with Crippen LogP contribution in [0.3, 0.4) is 0 Å². The number of benzene rings is 1. The Labute approximate surface area is 150 Å². The van der Waals surface area contributed by atoms with Gasteiger partial charge in [0.05, 0.1) is 5.56 Å². The van der Waals surface area contributed by atoms with E-state index in [4.69, 9.17) is 9.15 Å². The molecule has 2 heterocycles. The molecule has 2 aromatic heterocycles. The van der Waals surface area contributed by atoms with Gasteiger partial charge >= 0.3 is 5.97 Å². The normalized spacial score (nSPS) is 13.0. The Morgan fingerprint density at radius 2 is 2.17 bits per heavy atom. The van der Waals surface area contributed by atoms with E-state index in [1.807, 2.05) is 30.3 Å². The van der Waals surface area contributed by atoms with Gasteiger partial charge in [-0.25, -0.2) is 4.79 Å². The fraction of sp³-hybridized carbons (Fsp3) is 0.235. The van der Waals surface area contributed by atoms with Gasteiger partial charge in [0, 0.05) is 9.35 Å². The van der Waals surface area contributed by atoms with E-state index < -0.39 is 0 Å². The van der Waals surface area contributed by atoms with Crippen molar-refractivity contribution in [1.29, 1.82) is 0 Å². The molecule has 1 aliphatic carbocycles. The molecule has 5 nitrogen and oxygen atoms in total. The fourth-order valence-electron chi connectivity index (χ4n) is 2.68. The molecule has 1 aliphatic rings. The standard InChI is InChI=1S/C17H13BrN2O3S/c18-12-6-2-1-5-11(12)16-20-19-15(23-16)9-22-17(21)14-8-10-4-3-7-13(10)24-14/h1-2,5-6,8H,3-4,7,9H2. The molecule has 122 valence electrons. The zero-order chi connectivity index (χ0) is 16.5. The van der Waals surface area contributed by atoms with Crippen LogP contribution in [0.5, 0.6) is 0 Å². The second-order valence-corrected chi connectivity index (χ2v) is 7.46. The molecule has 0 atom stereocenters. The molecule has 0 amide bonds. The Bertz CT molecular complexity index is 881. The van der Waals surface area contributed by atoms with Crippen LogP contribution in [0, 0.1) is 0 Å². The van der Waals surface area contributed by atoms with Crippen molar-refractivity contribution in [3.63, 3.8) is 0 Å². The highest BCUT2D eigenvalue weighted by molar-refractivity contribution is 9.10. The van der Waals surface area contributed by atoms with Gasteiger partial charge in [0.1, 0.15) is 4.88 Å². The summed E-state index contributed by atoms with van der Waals surface area (Å²) in [6.45, 7) is -0.0289. The number of thiophene rings is 1. The third kappa shape index (κ3) is 3.01. The summed E-state index contributed by atoms with van der Waals surface area (Å²) in [5.74, 6) is 0.330. The highest BCUT2D eigenvalue weighted by Crippen LogP contribution is 2.31. The minimum atomic E-state index is -0.338. The van der Waals surface area contributed by atoms with Crippen molar-refractivity contribution >= 4 is 33.2 Å². The van der Waals surface area contributed by atoms with Crippen LogP contribution in [-0.4, -0.2) is 16.2 Å². The van der Waals surface area contributed by atoms with Crippen LogP contribution in [0.25, 0.3) is 11.5 Å². The summed E-state index contributed by atoms with van der Waals surface area (Å²) in [5, 5.41) is 7.94. The van der Waals surface area contributed by atoms with Gasteiger partial charge in [0.15, 0.2) is 6.61 Å². The van der Waals surface area contributed by atoms with E-state index in [2.05, 4.69) is 26.1 Å². The second kappa shape index (κ2) is 6.49. The first-order valence-corrected chi connectivity index (χ1v) is 9.17. The largest absolute Gasteiger partial charge is 0.451 e. The van der Waals surface area contributed by atoms with Crippen molar-refractivity contribution in [2.45, 2.75) is 25.9 Å². The molecule has 0 spiro atoms. The summed E-state index contributed by atoms with van der Waals surface area (Å²) in [6, 6.07) is 9.51. The molecule has 3 aromatic rings. The van der Waals surface area contributed by atoms with Crippen LogP contribution < -0.4 is 0 Å². The molecule has 4 rings (SSSR count). The van der Waals surface area contributed by atoms with E-state index >= 15 is 0 Å². The molecule has 1 aromatic carbocycles. The Hall–Kier alpha value is -1.99. The summed E-state index contributed by atoms with van der Waals surface area (Å²) in [7, 11) is 0. The zero-order valence-electron chi connectivity index (χ0n) is 12.6. The van der Waals surface area contributed by atoms with Gasteiger partial charge in [0.25, 0.3) is 5.89 Å². The molecular weight excluding hydrogens is 392 g/mol. The summed E-state index contributed by atoms with van der Waals surface area (Å²) in [6.07, 6.45) is 3.29. The minimum Gasteiger partial charge on any atom is -0.451 e. The average Bonchev–Trinajstić information content (AvgIpc) is 3.28. The quantitative estimate of drug-likeness (QED) is 0.602. The van der Waals surface area contributed by atoms with Crippen LogP contribution in [0.4, 0.5) is 0 Å². The number of carbonyl (C=O) groups is 1. The number of nitrogens with zero attached hydrogens (tertiary/aromatic N) is 2. The number of aromatic nitrogens is 2. The molecule has 0 radical (unpaired) electrons. The van der Waals surface area contributed by atoms with E-state index in [1.54, 1.807) is 0 Å². The summed E-state index contributed by atoms with van der Waals surface area (Å²) in [4.78, 5) is 14.1. The van der Waals surface area contributed by atoms with Gasteiger partial charge in [-0.15, -0.1) is 21.5 Å². The fourth-order valence-corrected chi connectivity index (χ4v) is 4.29. The number of hydrogen-bond acceptors (Lipinski definition) is 6. The summed E-state index contributed by atoms with van der Waals surface area (Å²) >= 11 is 4.97. The third-order valence-electron chi connectivity index (χ3n) is 3.85. The molecule has 0 aliphatic heterocycles. The van der Waals surface area contributed by atoms with Crippen LogP contribution in [0.15, 0.2) is 39.2 Å². The Morgan fingerprint density at radius 1 is 1.29 bits per heavy atom. The molecule has 0 bridgehead atoms. The molecular formula is C17H13BrN2O3S. The van der Waals surface area contributed by atoms with E-state index in [0.29, 0.717) is 10.8 Å². The van der Waals surface area contributed by atoms with Crippen LogP contribution in [0.1, 0.15) is 32.4 Å². The third-order valence-corrected chi connectivity index (χ3v) is 5.75. The number of halogens is 1. The molecule has 7 heteroatoms. The molecule has 0 unspecified atom stereocenters. The lowest BCUT2D eigenvalue weighted by Gasteiger charge is -2.00. The smallest absolute Gasteiger partial charge is 0.348 e. The Kier molecular flexibility index (Phi) is 4.20. The molecule has 0 N–H and O–H groups in total. The van der Waals surface area contributed by atoms with E-state index in [-0.39, 0.29) is 18.5 Å². The van der Waals surface area contributed by atoms with Crippen LogP contribution >= 0.6 is 27.3 Å². The van der Waals surface area contributed by atoms with Gasteiger partial charge in [-0.1, -0.05) is 12.1 Å². The number of aryl methyl sites for hydroxylation is 2. The van der Waals surface area contributed by atoms with Crippen molar-refractivity contribution in [3.8, 4) is 11.5 Å². The van der Waals surface area contributed by atoms with Crippen LogP contribution in [0.2, 0.25) is 0 Å². The monoisotopic (exact) mass is 404 g/mol. The first kappa shape index (κ1) is 15.5. The first-order chi connectivity index (χ1) is 11.7. The molecule has 0 saturated heterocycles. The zero-order valence-corrected chi connectivity index (χ0v) is 15.0. The van der Waals surface area contributed by atoms with Gasteiger partial charge < -0.3 is 9.15 Å². The van der Waals surface area contributed by atoms with Crippen molar-refractivity contribution in [2.24, 2.45) is 0 Å². The van der Waals surface area contributed by atoms with E-state index in [1.165, 1.54) is 28.2 Å². The maximum atomic E-state index is 12.1. The predicted molar refractivity (Wildman–Crippen MR) is 92.9 cm³/mol. The maximum absolute atomic E-state index is 12.1. The lowest BCUT2D eigenvalue weighted by Crippen LogP contribution is -2.03. The SMILES string of the molecule is O=C(OCc1nnc(-c2ccccc2Br)o1)c1cc2c(s1)CCC2. The lowest BCUT2D eigenvalue weighted by atomic mass is 10.2. The first-order valence-electron chi connectivity index (χ1n) is 7.56. The van der Waals surface area contributed by atoms with E-state index in [0.717, 1.165) is 22.9 Å². The Balaban J connectivity index is 1.43. The molecule has 0 saturated carbocycles.